The second-order valence-corrected chi connectivity index (χ2v) is 6.41. The van der Waals surface area contributed by atoms with Crippen LogP contribution in [0.15, 0.2) is 65.2 Å². The van der Waals surface area contributed by atoms with Crippen molar-refractivity contribution < 1.29 is 28.2 Å². The number of nitrogens with zero attached hydrogens (tertiary/aromatic N) is 1. The maximum Gasteiger partial charge on any atom is 0.291 e. The fraction of sp³-hybridized carbons (Fsp3) is 0.130. The number of hydrogen-bond donors (Lipinski definition) is 1. The number of methoxy groups -OCH3 is 3. The molecule has 158 valence electrons. The minimum absolute atomic E-state index is 0.0584. The number of furan rings is 1. The molecule has 1 N–H and O–H groups in total. The smallest absolute Gasteiger partial charge is 0.291 e. The van der Waals surface area contributed by atoms with Crippen molar-refractivity contribution in [3.63, 3.8) is 0 Å². The normalized spacial score (nSPS) is 10.5. The van der Waals surface area contributed by atoms with Crippen molar-refractivity contribution in [2.24, 2.45) is 0 Å². The number of ether oxygens (including phenoxy) is 4. The topological polar surface area (TPSA) is 92.1 Å². The molecule has 8 nitrogen and oxygen atoms in total. The van der Waals surface area contributed by atoms with Gasteiger partial charge in [-0.2, -0.15) is 0 Å². The Balaban J connectivity index is 1.57. The molecule has 0 unspecified atom stereocenters. The van der Waals surface area contributed by atoms with Gasteiger partial charge in [0.15, 0.2) is 11.5 Å². The molecule has 0 aliphatic rings. The third-order valence-electron chi connectivity index (χ3n) is 4.56. The highest BCUT2D eigenvalue weighted by Gasteiger charge is 2.19. The van der Waals surface area contributed by atoms with Gasteiger partial charge < -0.3 is 28.7 Å². The first-order valence-electron chi connectivity index (χ1n) is 9.35. The Labute approximate surface area is 178 Å². The van der Waals surface area contributed by atoms with E-state index in [-0.39, 0.29) is 11.7 Å². The highest BCUT2D eigenvalue weighted by molar-refractivity contribution is 6.04. The molecule has 0 saturated heterocycles. The highest BCUT2D eigenvalue weighted by Crippen LogP contribution is 2.39. The Bertz CT molecular complexity index is 1200. The molecule has 0 aliphatic carbocycles. The van der Waals surface area contributed by atoms with Gasteiger partial charge in [0.25, 0.3) is 11.9 Å². The first-order valence-corrected chi connectivity index (χ1v) is 9.35. The van der Waals surface area contributed by atoms with Crippen molar-refractivity contribution in [1.29, 1.82) is 0 Å². The summed E-state index contributed by atoms with van der Waals surface area (Å²) in [5.74, 6) is 1.55. The number of hydrogen-bond acceptors (Lipinski definition) is 7. The minimum atomic E-state index is -0.493. The van der Waals surface area contributed by atoms with Gasteiger partial charge in [-0.05, 0) is 18.2 Å². The van der Waals surface area contributed by atoms with Crippen molar-refractivity contribution in [2.75, 3.05) is 26.6 Å². The molecule has 4 aromatic rings. The van der Waals surface area contributed by atoms with Gasteiger partial charge in [0.05, 0.1) is 21.3 Å². The van der Waals surface area contributed by atoms with Crippen LogP contribution in [-0.4, -0.2) is 32.2 Å². The van der Waals surface area contributed by atoms with E-state index in [1.165, 1.54) is 27.4 Å². The molecule has 0 radical (unpaired) electrons. The Hall–Kier alpha value is -4.20. The third kappa shape index (κ3) is 4.09. The van der Waals surface area contributed by atoms with Crippen LogP contribution in [-0.2, 0) is 0 Å². The lowest BCUT2D eigenvalue weighted by molar-refractivity contribution is 0.0991. The van der Waals surface area contributed by atoms with Crippen LogP contribution in [0, 0.1) is 0 Å². The van der Waals surface area contributed by atoms with E-state index in [9.17, 15) is 4.79 Å². The van der Waals surface area contributed by atoms with Crippen molar-refractivity contribution in [3.8, 4) is 28.9 Å². The fourth-order valence-corrected chi connectivity index (χ4v) is 3.07. The van der Waals surface area contributed by atoms with Crippen LogP contribution in [0.4, 0.5) is 5.69 Å². The summed E-state index contributed by atoms with van der Waals surface area (Å²) in [7, 11) is 4.50. The molecule has 0 saturated carbocycles. The monoisotopic (exact) mass is 420 g/mol. The van der Waals surface area contributed by atoms with Crippen LogP contribution in [0.1, 0.15) is 10.6 Å². The molecule has 0 aliphatic heterocycles. The fourth-order valence-electron chi connectivity index (χ4n) is 3.07. The first kappa shape index (κ1) is 20.1. The van der Waals surface area contributed by atoms with Gasteiger partial charge in [0, 0.05) is 29.8 Å². The van der Waals surface area contributed by atoms with Gasteiger partial charge >= 0.3 is 0 Å². The number of carbonyl (C=O) groups is 1. The molecule has 2 aromatic heterocycles. The number of anilines is 1. The van der Waals surface area contributed by atoms with Crippen LogP contribution in [0.2, 0.25) is 0 Å². The van der Waals surface area contributed by atoms with Gasteiger partial charge in [0.2, 0.25) is 0 Å². The van der Waals surface area contributed by atoms with Gasteiger partial charge in [-0.1, -0.05) is 18.2 Å². The van der Waals surface area contributed by atoms with E-state index < -0.39 is 5.91 Å². The maximum absolute atomic E-state index is 12.8. The van der Waals surface area contributed by atoms with Gasteiger partial charge in [0.1, 0.15) is 28.5 Å². The van der Waals surface area contributed by atoms with Crippen LogP contribution in [0.3, 0.4) is 0 Å². The second kappa shape index (κ2) is 8.66. The summed E-state index contributed by atoms with van der Waals surface area (Å²) in [5.41, 5.74) is 1.05. The molecular formula is C23H20N2O6. The number of rotatable bonds is 7. The molecule has 2 heterocycles. The standard InChI is InChI=1S/C23H20N2O6/c1-27-15-12-18(28-2)22(19(13-15)29-3)25-23(26)17-9-10-20(31-17)30-16-8-4-6-14-7-5-11-24-21(14)16/h4-13H,1-3H3,(H,25,26). The van der Waals surface area contributed by atoms with Crippen molar-refractivity contribution >= 4 is 22.5 Å². The number of carbonyl (C=O) groups excluding carboxylic acids is 1. The van der Waals surface area contributed by atoms with Gasteiger partial charge in [-0.3, -0.25) is 9.78 Å². The average molecular weight is 420 g/mol. The van der Waals surface area contributed by atoms with E-state index in [0.29, 0.717) is 34.2 Å². The number of amides is 1. The summed E-state index contributed by atoms with van der Waals surface area (Å²) in [4.78, 5) is 17.1. The average Bonchev–Trinajstić information content (AvgIpc) is 3.28. The molecule has 31 heavy (non-hydrogen) atoms. The predicted octanol–water partition coefficient (Wildman–Crippen LogP) is 4.90. The molecule has 0 spiro atoms. The lowest BCUT2D eigenvalue weighted by atomic mass is 10.2. The van der Waals surface area contributed by atoms with E-state index in [4.69, 9.17) is 23.4 Å². The summed E-state index contributed by atoms with van der Waals surface area (Å²) in [6.07, 6.45) is 1.69. The van der Waals surface area contributed by atoms with Gasteiger partial charge in [-0.25, -0.2) is 0 Å². The molecule has 0 bridgehead atoms. The SMILES string of the molecule is COc1cc(OC)c(NC(=O)c2ccc(Oc3cccc4cccnc34)o2)c(OC)c1. The van der Waals surface area contributed by atoms with Crippen LogP contribution < -0.4 is 24.3 Å². The Morgan fingerprint density at radius 2 is 1.65 bits per heavy atom. The zero-order chi connectivity index (χ0) is 21.8. The summed E-state index contributed by atoms with van der Waals surface area (Å²) >= 11 is 0. The molecule has 0 fully saturated rings. The molecule has 8 heteroatoms. The Kier molecular flexibility index (Phi) is 5.61. The highest BCUT2D eigenvalue weighted by atomic mass is 16.6. The lowest BCUT2D eigenvalue weighted by Crippen LogP contribution is -2.13. The third-order valence-corrected chi connectivity index (χ3v) is 4.56. The zero-order valence-corrected chi connectivity index (χ0v) is 17.2. The van der Waals surface area contributed by atoms with E-state index >= 15 is 0 Å². The second-order valence-electron chi connectivity index (χ2n) is 6.41. The molecule has 0 atom stereocenters. The predicted molar refractivity (Wildman–Crippen MR) is 115 cm³/mol. The van der Waals surface area contributed by atoms with E-state index in [0.717, 1.165) is 5.39 Å². The van der Waals surface area contributed by atoms with E-state index in [2.05, 4.69) is 10.3 Å². The molecular weight excluding hydrogens is 400 g/mol. The van der Waals surface area contributed by atoms with Crippen LogP contribution in [0.5, 0.6) is 28.9 Å². The largest absolute Gasteiger partial charge is 0.496 e. The zero-order valence-electron chi connectivity index (χ0n) is 17.2. The molecule has 4 rings (SSSR count). The molecule has 1 amide bonds. The maximum atomic E-state index is 12.8. The lowest BCUT2D eigenvalue weighted by Gasteiger charge is -2.15. The van der Waals surface area contributed by atoms with Crippen molar-refractivity contribution in [2.45, 2.75) is 0 Å². The van der Waals surface area contributed by atoms with E-state index in [1.807, 2.05) is 24.3 Å². The number of aromatic nitrogens is 1. The van der Waals surface area contributed by atoms with Crippen LogP contribution in [0.25, 0.3) is 10.9 Å². The summed E-state index contributed by atoms with van der Waals surface area (Å²) in [6.45, 7) is 0. The first-order chi connectivity index (χ1) is 15.1. The summed E-state index contributed by atoms with van der Waals surface area (Å²) in [6, 6.07) is 15.7. The Morgan fingerprint density at radius 1 is 0.903 bits per heavy atom. The van der Waals surface area contributed by atoms with Crippen molar-refractivity contribution in [3.05, 3.63) is 66.6 Å². The summed E-state index contributed by atoms with van der Waals surface area (Å²) < 4.78 is 27.3. The number of benzene rings is 2. The number of pyridine rings is 1. The number of nitrogens with one attached hydrogen (secondary N) is 1. The van der Waals surface area contributed by atoms with Crippen LogP contribution >= 0.6 is 0 Å². The number of fused-ring (bicyclic) bond motifs is 1. The number of para-hydroxylation sites is 1. The quantitative estimate of drug-likeness (QED) is 0.455. The van der Waals surface area contributed by atoms with E-state index in [1.54, 1.807) is 30.5 Å². The Morgan fingerprint density at radius 3 is 2.35 bits per heavy atom. The van der Waals surface area contributed by atoms with Gasteiger partial charge in [-0.15, -0.1) is 0 Å². The molecule has 2 aromatic carbocycles. The minimum Gasteiger partial charge on any atom is -0.496 e. The summed E-state index contributed by atoms with van der Waals surface area (Å²) in [5, 5.41) is 3.68. The van der Waals surface area contributed by atoms with Crippen molar-refractivity contribution in [1.82, 2.24) is 4.98 Å².